The predicted octanol–water partition coefficient (Wildman–Crippen LogP) is 1.39. The molecule has 1 aromatic heterocycles. The third-order valence-electron chi connectivity index (χ3n) is 5.37. The van der Waals surface area contributed by atoms with Gasteiger partial charge >= 0.3 is 0 Å². The van der Waals surface area contributed by atoms with Gasteiger partial charge < -0.3 is 26.0 Å². The van der Waals surface area contributed by atoms with Crippen LogP contribution in [0.1, 0.15) is 34.5 Å². The number of allylic oxidation sites excluding steroid dienone is 1. The average Bonchev–Trinajstić information content (AvgIpc) is 2.85. The van der Waals surface area contributed by atoms with Crippen LogP contribution in [-0.4, -0.2) is 61.0 Å². The van der Waals surface area contributed by atoms with Crippen molar-refractivity contribution in [2.45, 2.75) is 13.0 Å². The molecule has 0 fully saturated rings. The number of halogens is 1. The van der Waals surface area contributed by atoms with Crippen LogP contribution in [-0.2, 0) is 9.59 Å². The van der Waals surface area contributed by atoms with Gasteiger partial charge in [-0.2, -0.15) is 5.26 Å². The van der Waals surface area contributed by atoms with Crippen molar-refractivity contribution in [2.24, 2.45) is 10.7 Å². The number of likely N-dealkylation sites (N-methyl/N-ethyl adjacent to an activating group) is 1. The first-order chi connectivity index (χ1) is 17.2. The molecule has 4 N–H and O–H groups in total. The number of benzene rings is 1. The molecule has 0 saturated carbocycles. The van der Waals surface area contributed by atoms with Gasteiger partial charge in [0.05, 0.1) is 13.1 Å². The van der Waals surface area contributed by atoms with Gasteiger partial charge in [0.1, 0.15) is 23.7 Å². The fraction of sp³-hybridized carbons (Fsp3) is 0.250. The van der Waals surface area contributed by atoms with Gasteiger partial charge in [-0.25, -0.2) is 9.37 Å². The lowest BCUT2D eigenvalue weighted by Gasteiger charge is -2.25. The fourth-order valence-electron chi connectivity index (χ4n) is 3.70. The van der Waals surface area contributed by atoms with Crippen LogP contribution in [0, 0.1) is 17.1 Å². The number of hydrogen-bond donors (Lipinski definition) is 3. The number of carbonyl (C=O) groups excluding carboxylic acids is 3. The fourth-order valence-corrected chi connectivity index (χ4v) is 3.70. The number of amides is 3. The van der Waals surface area contributed by atoms with Crippen LogP contribution >= 0.6 is 0 Å². The summed E-state index contributed by atoms with van der Waals surface area (Å²) < 4.78 is 20.2. The van der Waals surface area contributed by atoms with Gasteiger partial charge in [0.15, 0.2) is 11.6 Å². The van der Waals surface area contributed by atoms with Crippen LogP contribution < -0.4 is 21.1 Å². The summed E-state index contributed by atoms with van der Waals surface area (Å²) in [5.41, 5.74) is 7.57. The Morgan fingerprint density at radius 1 is 1.44 bits per heavy atom. The van der Waals surface area contributed by atoms with Crippen molar-refractivity contribution >= 4 is 35.3 Å². The SMILES string of the molecule is CN=C(C#N)C1=C(N)CN(C)C(=O)c2ccc(F)cc2[C@@H](C)Oc2cc1cnc2NC(=O)CNC=O. The average molecular weight is 493 g/mol. The lowest BCUT2D eigenvalue weighted by Crippen LogP contribution is -2.33. The number of nitrogens with two attached hydrogens (primary N) is 1. The summed E-state index contributed by atoms with van der Waals surface area (Å²) in [5, 5.41) is 14.4. The monoisotopic (exact) mass is 493 g/mol. The molecule has 186 valence electrons. The first-order valence-corrected chi connectivity index (χ1v) is 10.7. The highest BCUT2D eigenvalue weighted by Crippen LogP contribution is 2.34. The molecule has 3 rings (SSSR count). The summed E-state index contributed by atoms with van der Waals surface area (Å²) in [7, 11) is 2.96. The summed E-state index contributed by atoms with van der Waals surface area (Å²) in [5.74, 6) is -1.51. The van der Waals surface area contributed by atoms with E-state index in [-0.39, 0.29) is 52.8 Å². The van der Waals surface area contributed by atoms with Crippen LogP contribution in [0.2, 0.25) is 0 Å². The summed E-state index contributed by atoms with van der Waals surface area (Å²) >= 11 is 0. The molecule has 1 aliphatic heterocycles. The zero-order valence-electron chi connectivity index (χ0n) is 19.8. The van der Waals surface area contributed by atoms with Crippen molar-refractivity contribution in [3.63, 3.8) is 0 Å². The van der Waals surface area contributed by atoms with Crippen LogP contribution in [0.3, 0.4) is 0 Å². The zero-order valence-corrected chi connectivity index (χ0v) is 19.8. The predicted molar refractivity (Wildman–Crippen MR) is 129 cm³/mol. The van der Waals surface area contributed by atoms with E-state index >= 15 is 0 Å². The molecule has 3 amide bonds. The number of hydrogen-bond acceptors (Lipinski definition) is 8. The third kappa shape index (κ3) is 5.47. The number of ether oxygens (including phenoxy) is 1. The highest BCUT2D eigenvalue weighted by atomic mass is 19.1. The Balaban J connectivity index is 2.25. The third-order valence-corrected chi connectivity index (χ3v) is 5.37. The van der Waals surface area contributed by atoms with Crippen molar-refractivity contribution in [3.8, 4) is 11.8 Å². The Morgan fingerprint density at radius 2 is 2.19 bits per heavy atom. The lowest BCUT2D eigenvalue weighted by atomic mass is 9.98. The minimum absolute atomic E-state index is 0.000599. The Bertz CT molecular complexity index is 1320. The standard InChI is InChI=1S/C24H24FN7O4/c1-13-17-7-15(25)4-5-16(17)24(35)32(3)11-18(27)22(19(8-26)28-2)14-6-20(36-13)23(30-9-14)31-21(34)10-29-12-33/h4-7,9,12-13H,10-11,27H2,1-3H3,(H,29,33)(H,30,31,34)/t13-/m1/s1. The van der Waals surface area contributed by atoms with E-state index in [0.717, 1.165) is 0 Å². The maximum absolute atomic E-state index is 14.2. The second-order valence-electron chi connectivity index (χ2n) is 7.85. The van der Waals surface area contributed by atoms with Gasteiger partial charge in [-0.05, 0) is 31.2 Å². The van der Waals surface area contributed by atoms with E-state index in [9.17, 15) is 24.0 Å². The number of pyridine rings is 1. The normalized spacial score (nSPS) is 16.1. The van der Waals surface area contributed by atoms with E-state index in [1.54, 1.807) is 6.92 Å². The molecule has 0 spiro atoms. The molecular formula is C24H24FN7O4. The smallest absolute Gasteiger partial charge is 0.254 e. The lowest BCUT2D eigenvalue weighted by molar-refractivity contribution is -0.118. The zero-order chi connectivity index (χ0) is 26.4. The number of rotatable bonds is 5. The quantitative estimate of drug-likeness (QED) is 0.419. The van der Waals surface area contributed by atoms with Gasteiger partial charge in [0.25, 0.3) is 5.91 Å². The van der Waals surface area contributed by atoms with Gasteiger partial charge in [0.2, 0.25) is 12.3 Å². The minimum atomic E-state index is -0.853. The van der Waals surface area contributed by atoms with Gasteiger partial charge in [-0.1, -0.05) is 0 Å². The molecule has 0 saturated heterocycles. The largest absolute Gasteiger partial charge is 0.482 e. The number of aromatic nitrogens is 1. The number of fused-ring (bicyclic) bond motifs is 3. The molecule has 1 atom stereocenters. The summed E-state index contributed by atoms with van der Waals surface area (Å²) in [4.78, 5) is 45.6. The second-order valence-corrected chi connectivity index (χ2v) is 7.85. The molecule has 2 aromatic rings. The Morgan fingerprint density at radius 3 is 2.86 bits per heavy atom. The molecule has 2 bridgehead atoms. The Hall–Kier alpha value is -4.79. The van der Waals surface area contributed by atoms with Crippen LogP contribution in [0.4, 0.5) is 10.2 Å². The van der Waals surface area contributed by atoms with E-state index in [2.05, 4.69) is 20.6 Å². The molecule has 12 heteroatoms. The van der Waals surface area contributed by atoms with Gasteiger partial charge in [-0.3, -0.25) is 19.4 Å². The van der Waals surface area contributed by atoms with E-state index < -0.39 is 23.7 Å². The van der Waals surface area contributed by atoms with Crippen molar-refractivity contribution in [1.82, 2.24) is 15.2 Å². The summed E-state index contributed by atoms with van der Waals surface area (Å²) in [6.45, 7) is 1.24. The number of anilines is 1. The second kappa shape index (κ2) is 11.1. The van der Waals surface area contributed by atoms with Crippen molar-refractivity contribution in [3.05, 3.63) is 58.7 Å². The highest BCUT2D eigenvalue weighted by molar-refractivity contribution is 6.32. The maximum atomic E-state index is 14.2. The van der Waals surface area contributed by atoms with E-state index in [0.29, 0.717) is 12.0 Å². The van der Waals surface area contributed by atoms with E-state index in [4.69, 9.17) is 10.5 Å². The van der Waals surface area contributed by atoms with Crippen LogP contribution in [0.25, 0.3) is 5.57 Å². The molecule has 2 heterocycles. The Labute approximate surface area is 206 Å². The van der Waals surface area contributed by atoms with Gasteiger partial charge in [0, 0.05) is 48.3 Å². The van der Waals surface area contributed by atoms with E-state index in [1.165, 1.54) is 49.5 Å². The molecular weight excluding hydrogens is 469 g/mol. The maximum Gasteiger partial charge on any atom is 0.254 e. The molecule has 36 heavy (non-hydrogen) atoms. The number of nitrogens with one attached hydrogen (secondary N) is 2. The number of aliphatic imine (C=N–C) groups is 1. The molecule has 0 aliphatic carbocycles. The first kappa shape index (κ1) is 25.8. The van der Waals surface area contributed by atoms with E-state index in [1.807, 2.05) is 6.07 Å². The van der Waals surface area contributed by atoms with Crippen molar-refractivity contribution in [2.75, 3.05) is 32.5 Å². The van der Waals surface area contributed by atoms with Crippen LogP contribution in [0.5, 0.6) is 5.75 Å². The summed E-state index contributed by atoms with van der Waals surface area (Å²) in [6, 6.07) is 7.22. The molecule has 0 radical (unpaired) electrons. The van der Waals surface area contributed by atoms with Crippen molar-refractivity contribution in [1.29, 1.82) is 5.26 Å². The van der Waals surface area contributed by atoms with Crippen LogP contribution in [0.15, 0.2) is 41.2 Å². The molecule has 11 nitrogen and oxygen atoms in total. The topological polar surface area (TPSA) is 163 Å². The molecule has 1 aliphatic rings. The minimum Gasteiger partial charge on any atom is -0.482 e. The van der Waals surface area contributed by atoms with Crippen molar-refractivity contribution < 1.29 is 23.5 Å². The number of carbonyl (C=O) groups is 3. The van der Waals surface area contributed by atoms with Gasteiger partial charge in [-0.15, -0.1) is 0 Å². The Kier molecular flexibility index (Phi) is 7.96. The number of nitrogens with zero attached hydrogens (tertiary/aromatic N) is 4. The molecule has 0 unspecified atom stereocenters. The first-order valence-electron chi connectivity index (χ1n) is 10.7. The number of nitriles is 1. The molecule has 1 aromatic carbocycles. The highest BCUT2D eigenvalue weighted by Gasteiger charge is 2.26. The summed E-state index contributed by atoms with van der Waals surface area (Å²) in [6.07, 6.45) is 0.890.